The van der Waals surface area contributed by atoms with Crippen molar-refractivity contribution in [3.8, 4) is 22.6 Å². The third kappa shape index (κ3) is 7.09. The lowest BCUT2D eigenvalue weighted by atomic mass is 9.91. The molecule has 0 spiro atoms. The second-order valence-corrected chi connectivity index (χ2v) is 13.1. The zero-order valence-corrected chi connectivity index (χ0v) is 23.5. The van der Waals surface area contributed by atoms with Gasteiger partial charge < -0.3 is 24.1 Å². The molecular formula is C30H33ClO8S. The number of rotatable bonds is 11. The van der Waals surface area contributed by atoms with Crippen molar-refractivity contribution in [1.29, 1.82) is 0 Å². The molecule has 10 heteroatoms. The summed E-state index contributed by atoms with van der Waals surface area (Å²) in [5.74, 6) is 1.57. The fourth-order valence-electron chi connectivity index (χ4n) is 4.83. The molecule has 5 rings (SSSR count). The molecule has 3 N–H and O–H groups in total. The van der Waals surface area contributed by atoms with E-state index in [0.29, 0.717) is 60.4 Å². The first-order chi connectivity index (χ1) is 19.2. The topological polar surface area (TPSA) is 115 Å². The summed E-state index contributed by atoms with van der Waals surface area (Å²) in [5.41, 5.74) is 2.96. The maximum Gasteiger partial charge on any atom is 0.329 e. The van der Waals surface area contributed by atoms with E-state index >= 15 is 0 Å². The molecule has 0 saturated carbocycles. The van der Waals surface area contributed by atoms with Crippen molar-refractivity contribution >= 4 is 28.2 Å². The van der Waals surface area contributed by atoms with Crippen LogP contribution < -0.4 is 9.47 Å². The second-order valence-electron chi connectivity index (χ2n) is 10.3. The molecule has 0 bridgehead atoms. The normalized spacial score (nSPS) is 18.9. The molecule has 2 aliphatic rings. The molecule has 2 fully saturated rings. The maximum absolute atomic E-state index is 10.9. The number of hydrogen-bond donors (Lipinski definition) is 3. The lowest BCUT2D eigenvalue weighted by Gasteiger charge is -2.41. The summed E-state index contributed by atoms with van der Waals surface area (Å²) in [6.07, 6.45) is 1.51. The largest absolute Gasteiger partial charge is 0.493 e. The Hall–Kier alpha value is -2.79. The van der Waals surface area contributed by atoms with Crippen LogP contribution in [-0.4, -0.2) is 58.1 Å². The van der Waals surface area contributed by atoms with E-state index < -0.39 is 22.2 Å². The zero-order valence-electron chi connectivity index (χ0n) is 22.0. The Labute approximate surface area is 240 Å². The highest BCUT2D eigenvalue weighted by Gasteiger charge is 2.42. The predicted molar refractivity (Wildman–Crippen MR) is 155 cm³/mol. The monoisotopic (exact) mass is 588 g/mol. The van der Waals surface area contributed by atoms with Gasteiger partial charge in [-0.05, 0) is 71.8 Å². The van der Waals surface area contributed by atoms with Gasteiger partial charge in [-0.3, -0.25) is 9.11 Å². The molecule has 3 aromatic rings. The van der Waals surface area contributed by atoms with Gasteiger partial charge >= 0.3 is 5.97 Å². The molecule has 2 aliphatic heterocycles. The van der Waals surface area contributed by atoms with Gasteiger partial charge in [0, 0.05) is 17.1 Å². The van der Waals surface area contributed by atoms with Crippen LogP contribution in [0.2, 0.25) is 5.02 Å². The van der Waals surface area contributed by atoms with Crippen LogP contribution in [0.4, 0.5) is 0 Å². The highest BCUT2D eigenvalue weighted by atomic mass is 35.5. The first-order valence-corrected chi connectivity index (χ1v) is 15.4. The molecule has 0 aromatic heterocycles. The Bertz CT molecular complexity index is 1320. The van der Waals surface area contributed by atoms with Crippen molar-refractivity contribution in [2.24, 2.45) is 5.92 Å². The van der Waals surface area contributed by atoms with E-state index in [-0.39, 0.29) is 6.61 Å². The lowest BCUT2D eigenvalue weighted by Crippen LogP contribution is -2.49. The fourth-order valence-corrected chi connectivity index (χ4v) is 6.73. The van der Waals surface area contributed by atoms with Crippen LogP contribution in [0.25, 0.3) is 11.1 Å². The van der Waals surface area contributed by atoms with Gasteiger partial charge in [0.2, 0.25) is 0 Å². The first kappa shape index (κ1) is 28.7. The molecule has 8 nitrogen and oxygen atoms in total. The third-order valence-electron chi connectivity index (χ3n) is 7.30. The quantitative estimate of drug-likeness (QED) is 0.234. The first-order valence-electron chi connectivity index (χ1n) is 13.1. The Morgan fingerprint density at radius 3 is 2.35 bits per heavy atom. The van der Waals surface area contributed by atoms with Crippen LogP contribution in [0.3, 0.4) is 0 Å². The predicted octanol–water partition coefficient (Wildman–Crippen LogP) is 6.45. The molecule has 2 heterocycles. The fraction of sp³-hybridized carbons (Fsp3) is 0.367. The van der Waals surface area contributed by atoms with Crippen LogP contribution >= 0.6 is 22.2 Å². The SMILES string of the molecule is O=C(O)COC1(c2ccc(OCc3cccc(-c4ccc(OCC5CCS(O)(O)CC5)cc4Cl)c3)cc2)COC1. The Morgan fingerprint density at radius 1 is 0.975 bits per heavy atom. The smallest absolute Gasteiger partial charge is 0.329 e. The molecule has 3 aromatic carbocycles. The highest BCUT2D eigenvalue weighted by Crippen LogP contribution is 2.45. The number of benzene rings is 3. The molecular weight excluding hydrogens is 556 g/mol. The average Bonchev–Trinajstić information content (AvgIpc) is 2.91. The van der Waals surface area contributed by atoms with Crippen LogP contribution in [-0.2, 0) is 26.5 Å². The summed E-state index contributed by atoms with van der Waals surface area (Å²) >= 11 is 6.63. The maximum atomic E-state index is 10.9. The Kier molecular flexibility index (Phi) is 8.89. The standard InChI is InChI=1S/C30H33ClO8S/c31-28-15-26(38-16-21-10-12-40(34,35)13-11-21)8-9-27(28)23-3-1-2-22(14-23)17-37-25-6-4-24(5-7-25)30(19-36-20-30)39-18-29(32)33/h1-9,14-15,21,34-35H,10-13,16-20H2,(H,32,33). The number of carboxylic acid groups (broad SMARTS) is 1. The van der Waals surface area contributed by atoms with Gasteiger partial charge in [0.25, 0.3) is 0 Å². The number of ether oxygens (including phenoxy) is 4. The molecule has 2 saturated heterocycles. The van der Waals surface area contributed by atoms with Crippen molar-refractivity contribution in [3.63, 3.8) is 0 Å². The van der Waals surface area contributed by atoms with Crippen LogP contribution in [0, 0.1) is 5.92 Å². The second kappa shape index (κ2) is 12.4. The number of carboxylic acids is 1. The number of hydrogen-bond acceptors (Lipinski definition) is 7. The van der Waals surface area contributed by atoms with Crippen molar-refractivity contribution < 1.29 is 38.0 Å². The number of aliphatic carboxylic acids is 1. The van der Waals surface area contributed by atoms with Crippen LogP contribution in [0.1, 0.15) is 24.0 Å². The van der Waals surface area contributed by atoms with Gasteiger partial charge in [0.1, 0.15) is 30.3 Å². The van der Waals surface area contributed by atoms with E-state index in [1.165, 1.54) is 0 Å². The molecule has 0 aliphatic carbocycles. The van der Waals surface area contributed by atoms with Crippen molar-refractivity contribution in [2.45, 2.75) is 25.0 Å². The zero-order chi connectivity index (χ0) is 28.2. The van der Waals surface area contributed by atoms with Gasteiger partial charge in [0.05, 0.1) is 24.8 Å². The molecule has 0 unspecified atom stereocenters. The summed E-state index contributed by atoms with van der Waals surface area (Å²) in [6.45, 7) is 1.15. The molecule has 40 heavy (non-hydrogen) atoms. The van der Waals surface area contributed by atoms with E-state index in [1.807, 2.05) is 66.7 Å². The van der Waals surface area contributed by atoms with Crippen molar-refractivity contribution in [3.05, 3.63) is 82.9 Å². The van der Waals surface area contributed by atoms with Crippen LogP contribution in [0.15, 0.2) is 66.7 Å². The summed E-state index contributed by atoms with van der Waals surface area (Å²) in [5, 5.41) is 9.54. The molecule has 0 radical (unpaired) electrons. The molecule has 0 atom stereocenters. The molecule has 0 amide bonds. The Balaban J connectivity index is 1.17. The van der Waals surface area contributed by atoms with Gasteiger partial charge in [-0.2, -0.15) is 10.6 Å². The van der Waals surface area contributed by atoms with Crippen molar-refractivity contribution in [2.75, 3.05) is 37.9 Å². The Morgan fingerprint density at radius 2 is 1.70 bits per heavy atom. The van der Waals surface area contributed by atoms with Gasteiger partial charge in [-0.25, -0.2) is 4.79 Å². The van der Waals surface area contributed by atoms with Gasteiger partial charge in [-0.1, -0.05) is 41.9 Å². The third-order valence-corrected chi connectivity index (χ3v) is 9.39. The van der Waals surface area contributed by atoms with E-state index in [2.05, 4.69) is 0 Å². The summed E-state index contributed by atoms with van der Waals surface area (Å²) in [6, 6.07) is 21.1. The summed E-state index contributed by atoms with van der Waals surface area (Å²) in [7, 11) is -2.39. The number of halogens is 1. The average molecular weight is 589 g/mol. The van der Waals surface area contributed by atoms with Gasteiger partial charge in [-0.15, -0.1) is 0 Å². The van der Waals surface area contributed by atoms with Crippen molar-refractivity contribution in [1.82, 2.24) is 0 Å². The minimum atomic E-state index is -2.39. The summed E-state index contributed by atoms with van der Waals surface area (Å²) < 4.78 is 42.4. The summed E-state index contributed by atoms with van der Waals surface area (Å²) in [4.78, 5) is 10.9. The van der Waals surface area contributed by atoms with E-state index in [0.717, 1.165) is 35.1 Å². The van der Waals surface area contributed by atoms with E-state index in [9.17, 15) is 13.9 Å². The molecule has 214 valence electrons. The van der Waals surface area contributed by atoms with Crippen LogP contribution in [0.5, 0.6) is 11.5 Å². The van der Waals surface area contributed by atoms with E-state index in [4.69, 9.17) is 35.7 Å². The minimum Gasteiger partial charge on any atom is -0.493 e. The van der Waals surface area contributed by atoms with Gasteiger partial charge in [0.15, 0.2) is 0 Å². The highest BCUT2D eigenvalue weighted by molar-refractivity contribution is 8.24. The minimum absolute atomic E-state index is 0.310. The van der Waals surface area contributed by atoms with E-state index in [1.54, 1.807) is 0 Å². The number of carbonyl (C=O) groups is 1. The lowest BCUT2D eigenvalue weighted by molar-refractivity contribution is -0.220.